The maximum absolute atomic E-state index is 12.1. The predicted octanol–water partition coefficient (Wildman–Crippen LogP) is 3.06. The number of nitriles is 1. The summed E-state index contributed by atoms with van der Waals surface area (Å²) in [5.41, 5.74) is 1.75. The molecule has 1 aliphatic carbocycles. The molecule has 1 aliphatic rings. The van der Waals surface area contributed by atoms with Gasteiger partial charge in [0.25, 0.3) is 0 Å². The van der Waals surface area contributed by atoms with E-state index in [0.29, 0.717) is 19.4 Å². The number of amides is 1. The van der Waals surface area contributed by atoms with E-state index in [0.717, 1.165) is 10.9 Å². The van der Waals surface area contributed by atoms with E-state index >= 15 is 0 Å². The summed E-state index contributed by atoms with van der Waals surface area (Å²) in [5, 5.41) is 9.04. The van der Waals surface area contributed by atoms with Crippen LogP contribution < -0.4 is 0 Å². The van der Waals surface area contributed by atoms with Crippen LogP contribution in [0.25, 0.3) is 0 Å². The number of halogens is 1. The third kappa shape index (κ3) is 2.98. The topological polar surface area (TPSA) is 44.1 Å². The second-order valence-electron chi connectivity index (χ2n) is 5.24. The van der Waals surface area contributed by atoms with Crippen LogP contribution in [0.2, 0.25) is 0 Å². The van der Waals surface area contributed by atoms with Crippen LogP contribution >= 0.6 is 15.9 Å². The van der Waals surface area contributed by atoms with Crippen molar-refractivity contribution in [2.45, 2.75) is 26.2 Å². The molecule has 0 N–H and O–H groups in total. The van der Waals surface area contributed by atoms with Crippen molar-refractivity contribution in [3.63, 3.8) is 0 Å². The molecule has 1 amide bonds. The minimum atomic E-state index is -0.707. The minimum absolute atomic E-state index is 0.0253. The van der Waals surface area contributed by atoms with Crippen LogP contribution in [0.3, 0.4) is 0 Å². The van der Waals surface area contributed by atoms with Gasteiger partial charge in [0.15, 0.2) is 0 Å². The highest BCUT2D eigenvalue weighted by atomic mass is 79.9. The molecule has 1 saturated carbocycles. The summed E-state index contributed by atoms with van der Waals surface area (Å²) in [5.74, 6) is -0.0253. The van der Waals surface area contributed by atoms with E-state index in [1.54, 1.807) is 11.9 Å². The number of nitrogens with zero attached hydrogens (tertiary/aromatic N) is 2. The van der Waals surface area contributed by atoms with E-state index in [-0.39, 0.29) is 5.91 Å². The molecule has 0 spiro atoms. The minimum Gasteiger partial charge on any atom is -0.344 e. The highest BCUT2D eigenvalue weighted by Crippen LogP contribution is 2.46. The Bertz CT molecular complexity index is 544. The number of benzene rings is 1. The molecule has 3 nitrogen and oxygen atoms in total. The maximum Gasteiger partial charge on any atom is 0.242 e. The second-order valence-corrected chi connectivity index (χ2v) is 6.16. The Morgan fingerprint density at radius 2 is 2.21 bits per heavy atom. The Kier molecular flexibility index (Phi) is 3.96. The van der Waals surface area contributed by atoms with Crippen LogP contribution in [-0.4, -0.2) is 24.4 Å². The molecule has 0 unspecified atom stereocenters. The van der Waals surface area contributed by atoms with Gasteiger partial charge in [0.05, 0.1) is 6.07 Å². The molecule has 0 atom stereocenters. The summed E-state index contributed by atoms with van der Waals surface area (Å²) in [6.45, 7) is 2.72. The van der Waals surface area contributed by atoms with Crippen LogP contribution in [0, 0.1) is 23.7 Å². The van der Waals surface area contributed by atoms with Crippen LogP contribution in [0.5, 0.6) is 0 Å². The van der Waals surface area contributed by atoms with Crippen molar-refractivity contribution in [2.24, 2.45) is 5.41 Å². The molecule has 1 aromatic carbocycles. The van der Waals surface area contributed by atoms with Crippen LogP contribution in [0.4, 0.5) is 0 Å². The third-order valence-electron chi connectivity index (χ3n) is 3.75. The first kappa shape index (κ1) is 14.1. The zero-order valence-electron chi connectivity index (χ0n) is 11.2. The fourth-order valence-corrected chi connectivity index (χ4v) is 2.57. The lowest BCUT2D eigenvalue weighted by molar-refractivity contribution is -0.133. The lowest BCUT2D eigenvalue weighted by Gasteiger charge is -2.20. The zero-order chi connectivity index (χ0) is 14.0. The quantitative estimate of drug-likeness (QED) is 0.855. The van der Waals surface area contributed by atoms with E-state index < -0.39 is 5.41 Å². The highest BCUT2D eigenvalue weighted by Gasteiger charge is 2.51. The second kappa shape index (κ2) is 5.34. The number of rotatable bonds is 4. The molecular weight excluding hydrogens is 304 g/mol. The molecule has 0 aliphatic heterocycles. The van der Waals surface area contributed by atoms with Crippen molar-refractivity contribution in [1.29, 1.82) is 5.26 Å². The van der Waals surface area contributed by atoms with E-state index in [1.807, 2.05) is 6.07 Å². The van der Waals surface area contributed by atoms with Gasteiger partial charge in [-0.3, -0.25) is 4.79 Å². The lowest BCUT2D eigenvalue weighted by Crippen LogP contribution is -2.35. The van der Waals surface area contributed by atoms with Crippen LogP contribution in [-0.2, 0) is 11.2 Å². The van der Waals surface area contributed by atoms with Crippen LogP contribution in [0.15, 0.2) is 22.7 Å². The van der Waals surface area contributed by atoms with Crippen molar-refractivity contribution >= 4 is 21.8 Å². The molecule has 0 saturated heterocycles. The standard InChI is InChI=1S/C15H17BrN2O/c1-11-3-4-13(16)9-12(11)5-8-18(2)14(19)15(10-17)6-7-15/h3-4,9H,5-8H2,1-2H3. The first-order valence-electron chi connectivity index (χ1n) is 6.40. The molecule has 0 bridgehead atoms. The molecule has 1 fully saturated rings. The fourth-order valence-electron chi connectivity index (χ4n) is 2.16. The van der Waals surface area contributed by atoms with Gasteiger partial charge >= 0.3 is 0 Å². The van der Waals surface area contributed by atoms with Gasteiger partial charge in [0, 0.05) is 18.1 Å². The molecule has 100 valence electrons. The molecule has 2 rings (SSSR count). The molecule has 19 heavy (non-hydrogen) atoms. The number of carbonyl (C=O) groups excluding carboxylic acids is 1. The van der Waals surface area contributed by atoms with Crippen molar-refractivity contribution in [3.05, 3.63) is 33.8 Å². The van der Waals surface area contributed by atoms with Gasteiger partial charge in [-0.1, -0.05) is 22.0 Å². The van der Waals surface area contributed by atoms with Gasteiger partial charge in [-0.15, -0.1) is 0 Å². The first-order valence-corrected chi connectivity index (χ1v) is 7.20. The Balaban J connectivity index is 1.97. The average molecular weight is 321 g/mol. The van der Waals surface area contributed by atoms with Gasteiger partial charge in [0.1, 0.15) is 5.41 Å². The monoisotopic (exact) mass is 320 g/mol. The molecule has 1 aromatic rings. The highest BCUT2D eigenvalue weighted by molar-refractivity contribution is 9.10. The number of hydrogen-bond acceptors (Lipinski definition) is 2. The SMILES string of the molecule is Cc1ccc(Br)cc1CCN(C)C(=O)C1(C#N)CC1. The van der Waals surface area contributed by atoms with Crippen molar-refractivity contribution in [2.75, 3.05) is 13.6 Å². The number of hydrogen-bond donors (Lipinski definition) is 0. The fraction of sp³-hybridized carbons (Fsp3) is 0.467. The first-order chi connectivity index (χ1) is 8.98. The Morgan fingerprint density at radius 1 is 1.53 bits per heavy atom. The van der Waals surface area contributed by atoms with Gasteiger partial charge in [-0.05, 0) is 49.4 Å². The molecule has 0 radical (unpaired) electrons. The third-order valence-corrected chi connectivity index (χ3v) is 4.24. The summed E-state index contributed by atoms with van der Waals surface area (Å²) < 4.78 is 1.05. The van der Waals surface area contributed by atoms with Gasteiger partial charge in [-0.25, -0.2) is 0 Å². The molecule has 4 heteroatoms. The molecular formula is C15H17BrN2O. The summed E-state index contributed by atoms with van der Waals surface area (Å²) in [7, 11) is 1.78. The summed E-state index contributed by atoms with van der Waals surface area (Å²) >= 11 is 3.46. The number of likely N-dealkylation sites (N-methyl/N-ethyl adjacent to an activating group) is 1. The Morgan fingerprint density at radius 3 is 2.79 bits per heavy atom. The van der Waals surface area contributed by atoms with Crippen molar-refractivity contribution < 1.29 is 4.79 Å². The zero-order valence-corrected chi connectivity index (χ0v) is 12.8. The maximum atomic E-state index is 12.1. The summed E-state index contributed by atoms with van der Waals surface area (Å²) in [6.07, 6.45) is 2.24. The number of carbonyl (C=O) groups is 1. The van der Waals surface area contributed by atoms with E-state index in [2.05, 4.69) is 41.1 Å². The van der Waals surface area contributed by atoms with E-state index in [4.69, 9.17) is 5.26 Å². The normalized spacial score (nSPS) is 15.7. The Hall–Kier alpha value is -1.34. The Labute approximate surface area is 122 Å². The van der Waals surface area contributed by atoms with E-state index in [9.17, 15) is 4.79 Å². The van der Waals surface area contributed by atoms with Gasteiger partial charge in [0.2, 0.25) is 5.91 Å². The average Bonchev–Trinajstić information content (AvgIpc) is 3.19. The summed E-state index contributed by atoms with van der Waals surface area (Å²) in [4.78, 5) is 13.8. The van der Waals surface area contributed by atoms with Crippen LogP contribution in [0.1, 0.15) is 24.0 Å². The largest absolute Gasteiger partial charge is 0.344 e. The predicted molar refractivity (Wildman–Crippen MR) is 77.5 cm³/mol. The smallest absolute Gasteiger partial charge is 0.242 e. The van der Waals surface area contributed by atoms with Crippen molar-refractivity contribution in [3.8, 4) is 6.07 Å². The van der Waals surface area contributed by atoms with Gasteiger partial charge in [-0.2, -0.15) is 5.26 Å². The molecule has 0 aromatic heterocycles. The van der Waals surface area contributed by atoms with E-state index in [1.165, 1.54) is 11.1 Å². The van der Waals surface area contributed by atoms with Crippen molar-refractivity contribution in [1.82, 2.24) is 4.90 Å². The molecule has 0 heterocycles. The number of aryl methyl sites for hydroxylation is 1. The lowest BCUT2D eigenvalue weighted by atomic mass is 10.0. The van der Waals surface area contributed by atoms with Gasteiger partial charge < -0.3 is 4.90 Å². The summed E-state index contributed by atoms with van der Waals surface area (Å²) in [6, 6.07) is 8.33.